The standard InChI is InChI=1S/C20H22ClN5O/c1-13-11-16-17(12-14(13)2)23-19(22-16)24-20(27)26-9-7-25(8-10-26)18-6-4-3-5-15(18)21/h3-6,11-12H,7-10H2,1-2H3,(H2,22,23,24,27). The van der Waals surface area contributed by atoms with E-state index in [0.717, 1.165) is 34.8 Å². The number of piperazine rings is 1. The lowest BCUT2D eigenvalue weighted by Gasteiger charge is -2.36. The van der Waals surface area contributed by atoms with Gasteiger partial charge in [-0.15, -0.1) is 0 Å². The normalized spacial score (nSPS) is 14.6. The summed E-state index contributed by atoms with van der Waals surface area (Å²) in [6, 6.07) is 11.7. The van der Waals surface area contributed by atoms with Gasteiger partial charge in [-0.1, -0.05) is 23.7 Å². The second-order valence-electron chi connectivity index (χ2n) is 6.89. The summed E-state index contributed by atoms with van der Waals surface area (Å²) in [6.45, 7) is 6.88. The van der Waals surface area contributed by atoms with Crippen molar-refractivity contribution in [3.8, 4) is 0 Å². The van der Waals surface area contributed by atoms with Crippen molar-refractivity contribution in [1.29, 1.82) is 0 Å². The molecule has 0 atom stereocenters. The number of imidazole rings is 1. The van der Waals surface area contributed by atoms with Crippen molar-refractivity contribution in [3.05, 3.63) is 52.5 Å². The maximum absolute atomic E-state index is 12.6. The quantitative estimate of drug-likeness (QED) is 0.697. The van der Waals surface area contributed by atoms with Gasteiger partial charge in [0.1, 0.15) is 0 Å². The Hall–Kier alpha value is -2.73. The molecule has 2 heterocycles. The largest absolute Gasteiger partial charge is 0.367 e. The molecule has 2 aromatic carbocycles. The van der Waals surface area contributed by atoms with Crippen molar-refractivity contribution in [3.63, 3.8) is 0 Å². The summed E-state index contributed by atoms with van der Waals surface area (Å²) >= 11 is 6.28. The van der Waals surface area contributed by atoms with Crippen molar-refractivity contribution in [2.75, 3.05) is 36.4 Å². The molecular formula is C20H22ClN5O. The molecule has 3 aromatic rings. The van der Waals surface area contributed by atoms with Gasteiger partial charge in [0, 0.05) is 26.2 Å². The molecule has 6 nitrogen and oxygen atoms in total. The zero-order chi connectivity index (χ0) is 19.0. The van der Waals surface area contributed by atoms with Crippen LogP contribution in [0, 0.1) is 13.8 Å². The van der Waals surface area contributed by atoms with Crippen molar-refractivity contribution >= 4 is 40.3 Å². The number of aromatic amines is 1. The lowest BCUT2D eigenvalue weighted by atomic mass is 10.1. The Morgan fingerprint density at radius 2 is 1.81 bits per heavy atom. The third-order valence-electron chi connectivity index (χ3n) is 5.08. The van der Waals surface area contributed by atoms with Crippen LogP contribution in [0.15, 0.2) is 36.4 Å². The minimum absolute atomic E-state index is 0.138. The second-order valence-corrected chi connectivity index (χ2v) is 7.30. The zero-order valence-corrected chi connectivity index (χ0v) is 16.2. The van der Waals surface area contributed by atoms with Crippen LogP contribution in [0.3, 0.4) is 0 Å². The number of halogens is 1. The van der Waals surface area contributed by atoms with E-state index in [2.05, 4.69) is 40.1 Å². The van der Waals surface area contributed by atoms with Gasteiger partial charge in [-0.2, -0.15) is 0 Å². The first kappa shape index (κ1) is 17.7. The highest BCUT2D eigenvalue weighted by Gasteiger charge is 2.23. The number of rotatable bonds is 2. The molecule has 0 saturated carbocycles. The van der Waals surface area contributed by atoms with Crippen LogP contribution < -0.4 is 10.2 Å². The third kappa shape index (κ3) is 3.57. The number of nitrogens with zero attached hydrogens (tertiary/aromatic N) is 3. The number of amides is 2. The summed E-state index contributed by atoms with van der Waals surface area (Å²) in [7, 11) is 0. The van der Waals surface area contributed by atoms with Gasteiger partial charge < -0.3 is 14.8 Å². The number of benzene rings is 2. The van der Waals surface area contributed by atoms with Crippen LogP contribution in [0.25, 0.3) is 11.0 Å². The lowest BCUT2D eigenvalue weighted by molar-refractivity contribution is 0.208. The first-order chi connectivity index (χ1) is 13.0. The monoisotopic (exact) mass is 383 g/mol. The van der Waals surface area contributed by atoms with Crippen LogP contribution in [-0.2, 0) is 0 Å². The van der Waals surface area contributed by atoms with Crippen LogP contribution in [0.2, 0.25) is 5.02 Å². The Bertz CT molecular complexity index is 952. The topological polar surface area (TPSA) is 64.3 Å². The van der Waals surface area contributed by atoms with Crippen LogP contribution >= 0.6 is 11.6 Å². The molecule has 1 aromatic heterocycles. The van der Waals surface area contributed by atoms with E-state index in [0.29, 0.717) is 19.0 Å². The van der Waals surface area contributed by atoms with Gasteiger partial charge in [-0.3, -0.25) is 5.32 Å². The van der Waals surface area contributed by atoms with Crippen LogP contribution in [0.5, 0.6) is 0 Å². The minimum atomic E-state index is -0.138. The highest BCUT2D eigenvalue weighted by molar-refractivity contribution is 6.33. The van der Waals surface area contributed by atoms with E-state index in [1.807, 2.05) is 30.3 Å². The summed E-state index contributed by atoms with van der Waals surface area (Å²) in [5, 5.41) is 3.62. The molecule has 0 unspecified atom stereocenters. The average molecular weight is 384 g/mol. The predicted octanol–water partition coefficient (Wildman–Crippen LogP) is 4.19. The molecule has 0 bridgehead atoms. The number of urea groups is 1. The van der Waals surface area contributed by atoms with Gasteiger partial charge in [0.05, 0.1) is 21.7 Å². The number of carbonyl (C=O) groups excluding carboxylic acids is 1. The minimum Gasteiger partial charge on any atom is -0.367 e. The van der Waals surface area contributed by atoms with Crippen LogP contribution in [0.1, 0.15) is 11.1 Å². The van der Waals surface area contributed by atoms with Crippen molar-refractivity contribution < 1.29 is 4.79 Å². The lowest BCUT2D eigenvalue weighted by Crippen LogP contribution is -2.50. The number of fused-ring (bicyclic) bond motifs is 1. The van der Waals surface area contributed by atoms with Gasteiger partial charge in [-0.25, -0.2) is 9.78 Å². The molecular weight excluding hydrogens is 362 g/mol. The molecule has 7 heteroatoms. The number of H-pyrrole nitrogens is 1. The summed E-state index contributed by atoms with van der Waals surface area (Å²) < 4.78 is 0. The second kappa shape index (κ2) is 7.12. The molecule has 1 aliphatic rings. The number of hydrogen-bond acceptors (Lipinski definition) is 3. The molecule has 0 spiro atoms. The first-order valence-corrected chi connectivity index (χ1v) is 9.41. The van der Waals surface area contributed by atoms with Crippen LogP contribution in [-0.4, -0.2) is 47.1 Å². The smallest absolute Gasteiger partial charge is 0.324 e. The first-order valence-electron chi connectivity index (χ1n) is 9.03. The maximum atomic E-state index is 12.6. The number of aromatic nitrogens is 2. The number of nitrogens with one attached hydrogen (secondary N) is 2. The highest BCUT2D eigenvalue weighted by atomic mass is 35.5. The van der Waals surface area contributed by atoms with E-state index >= 15 is 0 Å². The number of anilines is 2. The molecule has 2 N–H and O–H groups in total. The van der Waals surface area contributed by atoms with Crippen molar-refractivity contribution in [2.24, 2.45) is 0 Å². The summed E-state index contributed by atoms with van der Waals surface area (Å²) in [4.78, 5) is 24.3. The van der Waals surface area contributed by atoms with Gasteiger partial charge in [-0.05, 0) is 49.2 Å². The molecule has 1 aliphatic heterocycles. The van der Waals surface area contributed by atoms with E-state index in [-0.39, 0.29) is 6.03 Å². The van der Waals surface area contributed by atoms with E-state index < -0.39 is 0 Å². The number of aryl methyl sites for hydroxylation is 2. The van der Waals surface area contributed by atoms with Gasteiger partial charge in [0.25, 0.3) is 0 Å². The van der Waals surface area contributed by atoms with E-state index in [4.69, 9.17) is 11.6 Å². The molecule has 0 radical (unpaired) electrons. The Labute approximate surface area is 163 Å². The zero-order valence-electron chi connectivity index (χ0n) is 15.4. The fraction of sp³-hybridized carbons (Fsp3) is 0.300. The number of hydrogen-bond donors (Lipinski definition) is 2. The van der Waals surface area contributed by atoms with Crippen molar-refractivity contribution in [2.45, 2.75) is 13.8 Å². The average Bonchev–Trinajstić information content (AvgIpc) is 3.03. The van der Waals surface area contributed by atoms with Gasteiger partial charge in [0.15, 0.2) is 0 Å². The van der Waals surface area contributed by atoms with Crippen molar-refractivity contribution in [1.82, 2.24) is 14.9 Å². The van der Waals surface area contributed by atoms with E-state index in [1.165, 1.54) is 11.1 Å². The van der Waals surface area contributed by atoms with Gasteiger partial charge in [0.2, 0.25) is 5.95 Å². The Kier molecular flexibility index (Phi) is 4.66. The molecule has 4 rings (SSSR count). The molecule has 2 amide bonds. The van der Waals surface area contributed by atoms with Crippen LogP contribution in [0.4, 0.5) is 16.4 Å². The molecule has 1 fully saturated rings. The summed E-state index contributed by atoms with van der Waals surface area (Å²) in [5.41, 5.74) is 5.18. The van der Waals surface area contributed by atoms with Gasteiger partial charge >= 0.3 is 6.03 Å². The van der Waals surface area contributed by atoms with E-state index in [9.17, 15) is 4.79 Å². The Balaban J connectivity index is 1.40. The van der Waals surface area contributed by atoms with E-state index in [1.54, 1.807) is 4.90 Å². The number of para-hydroxylation sites is 1. The maximum Gasteiger partial charge on any atom is 0.324 e. The number of carbonyl (C=O) groups is 1. The summed E-state index contributed by atoms with van der Waals surface area (Å²) in [5.74, 6) is 0.480. The molecule has 0 aliphatic carbocycles. The Morgan fingerprint density at radius 3 is 2.56 bits per heavy atom. The molecule has 140 valence electrons. The Morgan fingerprint density at radius 1 is 1.11 bits per heavy atom. The SMILES string of the molecule is Cc1cc2nc(NC(=O)N3CCN(c4ccccc4Cl)CC3)[nH]c2cc1C. The predicted molar refractivity (Wildman–Crippen MR) is 110 cm³/mol. The molecule has 1 saturated heterocycles. The highest BCUT2D eigenvalue weighted by Crippen LogP contribution is 2.26. The third-order valence-corrected chi connectivity index (χ3v) is 5.40. The summed E-state index contributed by atoms with van der Waals surface area (Å²) in [6.07, 6.45) is 0. The fourth-order valence-electron chi connectivity index (χ4n) is 3.37. The molecule has 27 heavy (non-hydrogen) atoms. The fourth-order valence-corrected chi connectivity index (χ4v) is 3.62.